The van der Waals surface area contributed by atoms with Crippen LogP contribution in [0.2, 0.25) is 0 Å². The molecule has 0 bridgehead atoms. The summed E-state index contributed by atoms with van der Waals surface area (Å²) in [5.74, 6) is 0.904. The van der Waals surface area contributed by atoms with E-state index in [1.807, 2.05) is 13.8 Å². The average molecular weight is 396 g/mol. The molecular formula is C24H49N3O. The zero-order chi connectivity index (χ0) is 20.2. The summed E-state index contributed by atoms with van der Waals surface area (Å²) >= 11 is 0. The van der Waals surface area contributed by atoms with E-state index >= 15 is 0 Å². The van der Waals surface area contributed by atoms with E-state index in [2.05, 4.69) is 29.0 Å². The molecule has 28 heavy (non-hydrogen) atoms. The molecule has 3 aliphatic rings. The fourth-order valence-corrected chi connectivity index (χ4v) is 5.15. The number of hydrogen-bond acceptors (Lipinski definition) is 4. The maximum atomic E-state index is 6.39. The first-order valence-electron chi connectivity index (χ1n) is 12.6. The highest BCUT2D eigenvalue weighted by molar-refractivity contribution is 4.83. The van der Waals surface area contributed by atoms with Crippen molar-refractivity contribution in [3.8, 4) is 0 Å². The van der Waals surface area contributed by atoms with Gasteiger partial charge in [0, 0.05) is 32.2 Å². The highest BCUT2D eigenvalue weighted by atomic mass is 16.5. The Morgan fingerprint density at radius 3 is 2.21 bits per heavy atom. The molecule has 2 saturated heterocycles. The highest BCUT2D eigenvalue weighted by Crippen LogP contribution is 2.29. The van der Waals surface area contributed by atoms with E-state index in [0.717, 1.165) is 25.0 Å². The van der Waals surface area contributed by atoms with E-state index in [0.29, 0.717) is 12.2 Å². The Kier molecular flexibility index (Phi) is 12.0. The minimum atomic E-state index is 0.527. The zero-order valence-corrected chi connectivity index (χ0v) is 19.4. The number of hydrogen-bond donors (Lipinski definition) is 1. The van der Waals surface area contributed by atoms with Crippen molar-refractivity contribution in [3.05, 3.63) is 0 Å². The van der Waals surface area contributed by atoms with E-state index < -0.39 is 0 Å². The zero-order valence-electron chi connectivity index (χ0n) is 19.4. The molecule has 1 aliphatic carbocycles. The smallest absolute Gasteiger partial charge is 0.0603 e. The normalized spacial score (nSPS) is 30.6. The Bertz CT molecular complexity index is 378. The van der Waals surface area contributed by atoms with E-state index in [-0.39, 0.29) is 0 Å². The monoisotopic (exact) mass is 395 g/mol. The van der Waals surface area contributed by atoms with Gasteiger partial charge in [-0.05, 0) is 77.4 Å². The molecule has 0 amide bonds. The van der Waals surface area contributed by atoms with Gasteiger partial charge in [-0.1, -0.05) is 33.6 Å². The number of rotatable bonds is 8. The second-order valence-corrected chi connectivity index (χ2v) is 9.08. The van der Waals surface area contributed by atoms with Crippen LogP contribution in [0, 0.1) is 5.92 Å². The lowest BCUT2D eigenvalue weighted by molar-refractivity contribution is -0.0508. The summed E-state index contributed by atoms with van der Waals surface area (Å²) in [6.07, 6.45) is 12.9. The molecule has 166 valence electrons. The van der Waals surface area contributed by atoms with E-state index in [1.165, 1.54) is 90.5 Å². The van der Waals surface area contributed by atoms with Gasteiger partial charge in [-0.25, -0.2) is 0 Å². The summed E-state index contributed by atoms with van der Waals surface area (Å²) in [5, 5.41) is 3.44. The van der Waals surface area contributed by atoms with Gasteiger partial charge < -0.3 is 15.0 Å². The molecule has 0 radical (unpaired) electrons. The number of nitrogens with one attached hydrogen (secondary N) is 1. The number of nitrogens with zero attached hydrogens (tertiary/aromatic N) is 2. The number of piperidine rings is 1. The molecular weight excluding hydrogens is 346 g/mol. The molecule has 3 fully saturated rings. The van der Waals surface area contributed by atoms with Gasteiger partial charge in [0.15, 0.2) is 0 Å². The van der Waals surface area contributed by atoms with Crippen molar-refractivity contribution in [1.82, 2.24) is 15.1 Å². The van der Waals surface area contributed by atoms with Crippen molar-refractivity contribution in [2.75, 3.05) is 45.8 Å². The van der Waals surface area contributed by atoms with Crippen LogP contribution in [0.5, 0.6) is 0 Å². The first kappa shape index (κ1) is 24.1. The van der Waals surface area contributed by atoms with E-state index in [4.69, 9.17) is 4.74 Å². The third-order valence-corrected chi connectivity index (χ3v) is 6.88. The molecule has 0 spiro atoms. The highest BCUT2D eigenvalue weighted by Gasteiger charge is 2.28. The lowest BCUT2D eigenvalue weighted by Gasteiger charge is -2.42. The predicted molar refractivity (Wildman–Crippen MR) is 121 cm³/mol. The summed E-state index contributed by atoms with van der Waals surface area (Å²) in [7, 11) is 0. The quantitative estimate of drug-likeness (QED) is 0.611. The van der Waals surface area contributed by atoms with Gasteiger partial charge >= 0.3 is 0 Å². The van der Waals surface area contributed by atoms with Gasteiger partial charge in [0.1, 0.15) is 0 Å². The molecule has 4 nitrogen and oxygen atoms in total. The Morgan fingerprint density at radius 1 is 0.893 bits per heavy atom. The van der Waals surface area contributed by atoms with Crippen LogP contribution in [0.3, 0.4) is 0 Å². The van der Waals surface area contributed by atoms with Crippen LogP contribution in [-0.4, -0.2) is 73.9 Å². The third kappa shape index (κ3) is 8.30. The number of unbranched alkanes of at least 4 members (excludes halogenated alkanes) is 2. The SMILES string of the molecule is CC.CCCCCN1CCN(CC2CCC(OC3CCNCC3)CC2)CC1C. The molecule has 1 atom stereocenters. The standard InChI is InChI=1S/C22H43N3O.C2H6/c1-3-4-5-14-25-16-15-24(17-19(25)2)18-20-6-8-21(9-7-20)26-22-10-12-23-13-11-22;1-2/h19-23H,3-18H2,1-2H3;1-2H3. The second-order valence-electron chi connectivity index (χ2n) is 9.08. The van der Waals surface area contributed by atoms with Crippen LogP contribution in [0.25, 0.3) is 0 Å². The van der Waals surface area contributed by atoms with Crippen molar-refractivity contribution in [2.45, 2.75) is 104 Å². The summed E-state index contributed by atoms with van der Waals surface area (Å²) in [4.78, 5) is 5.47. The molecule has 4 heteroatoms. The van der Waals surface area contributed by atoms with Crippen LogP contribution in [0.4, 0.5) is 0 Å². The van der Waals surface area contributed by atoms with Crippen LogP contribution in [0.1, 0.15) is 85.5 Å². The van der Waals surface area contributed by atoms with E-state index in [1.54, 1.807) is 0 Å². The van der Waals surface area contributed by atoms with Gasteiger partial charge in [0.25, 0.3) is 0 Å². The largest absolute Gasteiger partial charge is 0.375 e. The van der Waals surface area contributed by atoms with Gasteiger partial charge in [-0.3, -0.25) is 4.90 Å². The maximum absolute atomic E-state index is 6.39. The number of piperazine rings is 1. The minimum Gasteiger partial charge on any atom is -0.375 e. The molecule has 0 aromatic rings. The lowest BCUT2D eigenvalue weighted by Crippen LogP contribution is -2.53. The van der Waals surface area contributed by atoms with Crippen LogP contribution < -0.4 is 5.32 Å². The molecule has 2 aliphatic heterocycles. The summed E-state index contributed by atoms with van der Waals surface area (Å²) in [6, 6.07) is 0.736. The topological polar surface area (TPSA) is 27.7 Å². The van der Waals surface area contributed by atoms with Crippen molar-refractivity contribution >= 4 is 0 Å². The van der Waals surface area contributed by atoms with Crippen molar-refractivity contribution in [3.63, 3.8) is 0 Å². The van der Waals surface area contributed by atoms with Crippen LogP contribution in [-0.2, 0) is 4.74 Å². The molecule has 3 rings (SSSR count). The molecule has 1 saturated carbocycles. The summed E-state index contributed by atoms with van der Waals surface area (Å²) in [5.41, 5.74) is 0. The molecule has 2 heterocycles. The summed E-state index contributed by atoms with van der Waals surface area (Å²) < 4.78 is 6.39. The first-order chi connectivity index (χ1) is 13.7. The molecule has 1 N–H and O–H groups in total. The molecule has 1 unspecified atom stereocenters. The van der Waals surface area contributed by atoms with Gasteiger partial charge in [-0.2, -0.15) is 0 Å². The lowest BCUT2D eigenvalue weighted by atomic mass is 9.86. The summed E-state index contributed by atoms with van der Waals surface area (Å²) in [6.45, 7) is 17.5. The predicted octanol–water partition coefficient (Wildman–Crippen LogP) is 4.54. The number of ether oxygens (including phenoxy) is 1. The fraction of sp³-hybridized carbons (Fsp3) is 1.00. The molecule has 0 aromatic carbocycles. The molecule has 0 aromatic heterocycles. The fourth-order valence-electron chi connectivity index (χ4n) is 5.15. The Labute approximate surface area is 175 Å². The van der Waals surface area contributed by atoms with Crippen molar-refractivity contribution < 1.29 is 4.74 Å². The second kappa shape index (κ2) is 14.0. The van der Waals surface area contributed by atoms with E-state index in [9.17, 15) is 0 Å². The maximum Gasteiger partial charge on any atom is 0.0603 e. The van der Waals surface area contributed by atoms with Gasteiger partial charge in [0.05, 0.1) is 12.2 Å². The first-order valence-corrected chi connectivity index (χ1v) is 12.6. The van der Waals surface area contributed by atoms with Crippen molar-refractivity contribution in [2.24, 2.45) is 5.92 Å². The average Bonchev–Trinajstić information content (AvgIpc) is 2.73. The van der Waals surface area contributed by atoms with Crippen LogP contribution >= 0.6 is 0 Å². The van der Waals surface area contributed by atoms with Gasteiger partial charge in [0.2, 0.25) is 0 Å². The minimum absolute atomic E-state index is 0.527. The van der Waals surface area contributed by atoms with Crippen molar-refractivity contribution in [1.29, 1.82) is 0 Å². The Balaban J connectivity index is 0.00000136. The van der Waals surface area contributed by atoms with Gasteiger partial charge in [-0.15, -0.1) is 0 Å². The van der Waals surface area contributed by atoms with Crippen LogP contribution in [0.15, 0.2) is 0 Å². The third-order valence-electron chi connectivity index (χ3n) is 6.88. The Morgan fingerprint density at radius 2 is 1.57 bits per heavy atom. The Hall–Kier alpha value is -0.160.